The van der Waals surface area contributed by atoms with Crippen molar-refractivity contribution < 1.29 is 4.92 Å². The monoisotopic (exact) mass is 332 g/mol. The molecule has 0 aliphatic rings. The van der Waals surface area contributed by atoms with Crippen molar-refractivity contribution >= 4 is 50.2 Å². The van der Waals surface area contributed by atoms with Crippen LogP contribution < -0.4 is 0 Å². The molecule has 0 bridgehead atoms. The van der Waals surface area contributed by atoms with E-state index in [1.807, 2.05) is 24.3 Å². The molecule has 0 unspecified atom stereocenters. The molecule has 4 aromatic rings. The fourth-order valence-electron chi connectivity index (χ4n) is 2.62. The van der Waals surface area contributed by atoms with Crippen LogP contribution in [0.1, 0.15) is 10.6 Å². The van der Waals surface area contributed by atoms with Gasteiger partial charge in [0.1, 0.15) is 5.01 Å². The highest BCUT2D eigenvalue weighted by atomic mass is 32.1. The van der Waals surface area contributed by atoms with Gasteiger partial charge in [0.2, 0.25) is 0 Å². The van der Waals surface area contributed by atoms with Crippen LogP contribution in [0.3, 0.4) is 0 Å². The molecule has 0 saturated carbocycles. The standard InChI is InChI=1S/C19H12N2O2S/c22-21(23)15-9-5-13(6-10-15)7-12-18-20-19-16-4-2-1-3-14(16)8-11-17(19)24-18/h1-12H. The lowest BCUT2D eigenvalue weighted by Crippen LogP contribution is -1.86. The zero-order valence-corrected chi connectivity index (χ0v) is 13.4. The van der Waals surface area contributed by atoms with E-state index in [4.69, 9.17) is 4.98 Å². The Morgan fingerprint density at radius 3 is 2.54 bits per heavy atom. The summed E-state index contributed by atoms with van der Waals surface area (Å²) in [4.78, 5) is 15.0. The lowest BCUT2D eigenvalue weighted by molar-refractivity contribution is -0.384. The lowest BCUT2D eigenvalue weighted by atomic mass is 10.1. The van der Waals surface area contributed by atoms with Crippen molar-refractivity contribution in [2.45, 2.75) is 0 Å². The number of aromatic nitrogens is 1. The highest BCUT2D eigenvalue weighted by Crippen LogP contribution is 2.30. The van der Waals surface area contributed by atoms with Crippen molar-refractivity contribution in [3.63, 3.8) is 0 Å². The van der Waals surface area contributed by atoms with Crippen LogP contribution in [0, 0.1) is 10.1 Å². The third kappa shape index (κ3) is 2.66. The van der Waals surface area contributed by atoms with Gasteiger partial charge in [0.05, 0.1) is 15.1 Å². The second-order valence-corrected chi connectivity index (χ2v) is 6.43. The molecular formula is C19H12N2O2S. The highest BCUT2D eigenvalue weighted by molar-refractivity contribution is 7.19. The SMILES string of the molecule is O=[N+]([O-])c1ccc(C=Cc2nc3c(ccc4ccccc43)s2)cc1. The second kappa shape index (κ2) is 5.86. The molecule has 5 heteroatoms. The first-order valence-electron chi connectivity index (χ1n) is 7.41. The Morgan fingerprint density at radius 1 is 0.958 bits per heavy atom. The largest absolute Gasteiger partial charge is 0.269 e. The van der Waals surface area contributed by atoms with E-state index >= 15 is 0 Å². The van der Waals surface area contributed by atoms with E-state index in [1.165, 1.54) is 17.5 Å². The number of fused-ring (bicyclic) bond motifs is 3. The van der Waals surface area contributed by atoms with Crippen LogP contribution in [0.15, 0.2) is 60.7 Å². The molecule has 3 aromatic carbocycles. The van der Waals surface area contributed by atoms with Gasteiger partial charge in [-0.25, -0.2) is 4.98 Å². The zero-order valence-electron chi connectivity index (χ0n) is 12.5. The van der Waals surface area contributed by atoms with Gasteiger partial charge in [-0.15, -0.1) is 11.3 Å². The molecule has 0 amide bonds. The molecule has 0 aliphatic carbocycles. The molecule has 0 spiro atoms. The van der Waals surface area contributed by atoms with Crippen LogP contribution in [0.25, 0.3) is 33.1 Å². The molecule has 0 fully saturated rings. The molecule has 4 rings (SSSR count). The minimum Gasteiger partial charge on any atom is -0.258 e. The van der Waals surface area contributed by atoms with Gasteiger partial charge < -0.3 is 0 Å². The number of nitro benzene ring substituents is 1. The van der Waals surface area contributed by atoms with Crippen molar-refractivity contribution in [1.29, 1.82) is 0 Å². The van der Waals surface area contributed by atoms with E-state index in [2.05, 4.69) is 24.3 Å². The van der Waals surface area contributed by atoms with Gasteiger partial charge in [-0.1, -0.05) is 36.4 Å². The van der Waals surface area contributed by atoms with Crippen molar-refractivity contribution in [3.8, 4) is 0 Å². The van der Waals surface area contributed by atoms with Crippen molar-refractivity contribution in [3.05, 3.63) is 81.3 Å². The molecular weight excluding hydrogens is 320 g/mol. The van der Waals surface area contributed by atoms with Gasteiger partial charge >= 0.3 is 0 Å². The van der Waals surface area contributed by atoms with Crippen LogP contribution in [-0.4, -0.2) is 9.91 Å². The first kappa shape index (κ1) is 14.5. The fraction of sp³-hybridized carbons (Fsp3) is 0. The first-order valence-corrected chi connectivity index (χ1v) is 8.23. The number of non-ortho nitro benzene ring substituents is 1. The highest BCUT2D eigenvalue weighted by Gasteiger charge is 2.06. The number of hydrogen-bond acceptors (Lipinski definition) is 4. The zero-order chi connectivity index (χ0) is 16.5. The molecule has 1 aromatic heterocycles. The Balaban J connectivity index is 1.69. The molecule has 1 heterocycles. The molecule has 4 nitrogen and oxygen atoms in total. The summed E-state index contributed by atoms with van der Waals surface area (Å²) in [7, 11) is 0. The molecule has 0 aliphatic heterocycles. The molecule has 0 atom stereocenters. The van der Waals surface area contributed by atoms with E-state index in [0.29, 0.717) is 0 Å². The first-order chi connectivity index (χ1) is 11.7. The minimum absolute atomic E-state index is 0.0959. The maximum absolute atomic E-state index is 10.7. The van der Waals surface area contributed by atoms with Crippen molar-refractivity contribution in [1.82, 2.24) is 4.98 Å². The lowest BCUT2D eigenvalue weighted by Gasteiger charge is -1.96. The summed E-state index contributed by atoms with van der Waals surface area (Å²) < 4.78 is 1.15. The molecule has 116 valence electrons. The summed E-state index contributed by atoms with van der Waals surface area (Å²) in [6.07, 6.45) is 3.87. The van der Waals surface area contributed by atoms with Crippen LogP contribution in [0.4, 0.5) is 5.69 Å². The molecule has 0 radical (unpaired) electrons. The van der Waals surface area contributed by atoms with E-state index < -0.39 is 4.92 Å². The summed E-state index contributed by atoms with van der Waals surface area (Å²) >= 11 is 1.63. The van der Waals surface area contributed by atoms with Crippen molar-refractivity contribution in [2.24, 2.45) is 0 Å². The maximum Gasteiger partial charge on any atom is 0.269 e. The predicted molar refractivity (Wildman–Crippen MR) is 99.2 cm³/mol. The summed E-state index contributed by atoms with van der Waals surface area (Å²) in [6, 6.07) is 18.9. The van der Waals surface area contributed by atoms with Gasteiger partial charge in [-0.3, -0.25) is 10.1 Å². The van der Waals surface area contributed by atoms with Gasteiger partial charge in [0.15, 0.2) is 0 Å². The van der Waals surface area contributed by atoms with Crippen molar-refractivity contribution in [2.75, 3.05) is 0 Å². The van der Waals surface area contributed by atoms with Crippen LogP contribution in [0.5, 0.6) is 0 Å². The second-order valence-electron chi connectivity index (χ2n) is 5.37. The number of benzene rings is 3. The Bertz CT molecular complexity index is 1080. The average Bonchev–Trinajstić information content (AvgIpc) is 3.04. The van der Waals surface area contributed by atoms with E-state index in [9.17, 15) is 10.1 Å². The smallest absolute Gasteiger partial charge is 0.258 e. The van der Waals surface area contributed by atoms with Crippen LogP contribution in [0.2, 0.25) is 0 Å². The van der Waals surface area contributed by atoms with Crippen LogP contribution >= 0.6 is 11.3 Å². The summed E-state index contributed by atoms with van der Waals surface area (Å²) in [5.41, 5.74) is 2.02. The summed E-state index contributed by atoms with van der Waals surface area (Å²) in [6.45, 7) is 0. The van der Waals surface area contributed by atoms with Crippen LogP contribution in [-0.2, 0) is 0 Å². The van der Waals surface area contributed by atoms with Gasteiger partial charge in [-0.2, -0.15) is 0 Å². The summed E-state index contributed by atoms with van der Waals surface area (Å²) in [5.74, 6) is 0. The van der Waals surface area contributed by atoms with E-state index in [0.717, 1.165) is 26.2 Å². The topological polar surface area (TPSA) is 56.0 Å². The fourth-order valence-corrected chi connectivity index (χ4v) is 3.51. The Kier molecular flexibility index (Phi) is 3.55. The van der Waals surface area contributed by atoms with Gasteiger partial charge in [0, 0.05) is 17.5 Å². The number of nitrogens with zero attached hydrogens (tertiary/aromatic N) is 2. The molecule has 0 N–H and O–H groups in total. The van der Waals surface area contributed by atoms with Gasteiger partial charge in [0.25, 0.3) is 5.69 Å². The number of hydrogen-bond donors (Lipinski definition) is 0. The molecule has 0 saturated heterocycles. The summed E-state index contributed by atoms with van der Waals surface area (Å²) in [5, 5.41) is 13.9. The minimum atomic E-state index is -0.397. The molecule has 24 heavy (non-hydrogen) atoms. The quantitative estimate of drug-likeness (QED) is 0.366. The Morgan fingerprint density at radius 2 is 1.75 bits per heavy atom. The number of rotatable bonds is 3. The normalized spacial score (nSPS) is 11.5. The van der Waals surface area contributed by atoms with Gasteiger partial charge in [-0.05, 0) is 35.2 Å². The average molecular weight is 332 g/mol. The Hall–Kier alpha value is -3.05. The Labute approximate surface area is 141 Å². The maximum atomic E-state index is 10.7. The predicted octanol–water partition coefficient (Wildman–Crippen LogP) is 5.53. The number of nitro groups is 1. The third-order valence-electron chi connectivity index (χ3n) is 3.82. The number of thiazole rings is 1. The van der Waals surface area contributed by atoms with E-state index in [-0.39, 0.29) is 5.69 Å². The van der Waals surface area contributed by atoms with E-state index in [1.54, 1.807) is 23.5 Å². The third-order valence-corrected chi connectivity index (χ3v) is 4.81.